The van der Waals surface area contributed by atoms with Gasteiger partial charge in [-0.15, -0.1) is 11.3 Å². The highest BCUT2D eigenvalue weighted by atomic mass is 35.5. The predicted octanol–water partition coefficient (Wildman–Crippen LogP) is 2.94. The molecule has 19 heavy (non-hydrogen) atoms. The summed E-state index contributed by atoms with van der Waals surface area (Å²) in [5, 5.41) is 6.08. The zero-order chi connectivity index (χ0) is 13.8. The van der Waals surface area contributed by atoms with E-state index in [-0.39, 0.29) is 23.4 Å². The fraction of sp³-hybridized carbons (Fsp3) is 0.455. The average Bonchev–Trinajstić information content (AvgIpc) is 2.79. The molecule has 2 rings (SSSR count). The molecule has 0 bridgehead atoms. The van der Waals surface area contributed by atoms with Gasteiger partial charge in [0.2, 0.25) is 11.2 Å². The van der Waals surface area contributed by atoms with Crippen molar-refractivity contribution in [1.82, 2.24) is 19.9 Å². The van der Waals surface area contributed by atoms with Gasteiger partial charge in [0, 0.05) is 11.6 Å². The minimum absolute atomic E-state index is 0.00892. The summed E-state index contributed by atoms with van der Waals surface area (Å²) in [7, 11) is 0. The summed E-state index contributed by atoms with van der Waals surface area (Å²) < 4.78 is 5.41. The molecule has 0 saturated carbocycles. The van der Waals surface area contributed by atoms with Crippen LogP contribution in [0.1, 0.15) is 31.8 Å². The zero-order valence-corrected chi connectivity index (χ0v) is 12.4. The standard InChI is InChI=1S/C11H14ClN5OS/c1-6(2)18-11-16-9(12)15-10(17-11)14-7(3)8-13-4-5-19-8/h4-7H,1-3H3,(H,14,15,16,17). The maximum absolute atomic E-state index is 5.85. The van der Waals surface area contributed by atoms with Crippen molar-refractivity contribution >= 4 is 28.9 Å². The molecular weight excluding hydrogens is 286 g/mol. The molecule has 1 atom stereocenters. The van der Waals surface area contributed by atoms with Gasteiger partial charge in [-0.1, -0.05) is 0 Å². The molecular formula is C11H14ClN5OS. The molecule has 8 heteroatoms. The first-order valence-electron chi connectivity index (χ1n) is 5.78. The van der Waals surface area contributed by atoms with Crippen LogP contribution in [0.3, 0.4) is 0 Å². The molecule has 2 aromatic heterocycles. The summed E-state index contributed by atoms with van der Waals surface area (Å²) in [5.74, 6) is 0.373. The summed E-state index contributed by atoms with van der Waals surface area (Å²) >= 11 is 7.41. The number of rotatable bonds is 5. The summed E-state index contributed by atoms with van der Waals surface area (Å²) in [6.07, 6.45) is 1.73. The van der Waals surface area contributed by atoms with E-state index in [1.165, 1.54) is 0 Å². The number of aromatic nitrogens is 4. The molecule has 0 aromatic carbocycles. The van der Waals surface area contributed by atoms with Crippen molar-refractivity contribution in [2.75, 3.05) is 5.32 Å². The van der Waals surface area contributed by atoms with Gasteiger partial charge in [-0.05, 0) is 32.4 Å². The van der Waals surface area contributed by atoms with Gasteiger partial charge >= 0.3 is 6.01 Å². The lowest BCUT2D eigenvalue weighted by Crippen LogP contribution is -2.13. The van der Waals surface area contributed by atoms with E-state index in [1.807, 2.05) is 26.2 Å². The van der Waals surface area contributed by atoms with E-state index in [0.29, 0.717) is 5.95 Å². The second-order valence-corrected chi connectivity index (χ2v) is 5.38. The maximum atomic E-state index is 5.85. The monoisotopic (exact) mass is 299 g/mol. The molecule has 0 aliphatic carbocycles. The third-order valence-corrected chi connectivity index (χ3v) is 3.22. The van der Waals surface area contributed by atoms with Crippen LogP contribution in [0.4, 0.5) is 5.95 Å². The summed E-state index contributed by atoms with van der Waals surface area (Å²) in [5.41, 5.74) is 0. The van der Waals surface area contributed by atoms with Crippen molar-refractivity contribution < 1.29 is 4.74 Å². The number of ether oxygens (including phenoxy) is 1. The number of nitrogens with zero attached hydrogens (tertiary/aromatic N) is 4. The Bertz CT molecular complexity index is 534. The first-order chi connectivity index (χ1) is 9.04. The van der Waals surface area contributed by atoms with Crippen LogP contribution in [-0.2, 0) is 0 Å². The van der Waals surface area contributed by atoms with E-state index in [2.05, 4.69) is 25.3 Å². The minimum Gasteiger partial charge on any atom is -0.461 e. The van der Waals surface area contributed by atoms with E-state index in [1.54, 1.807) is 17.5 Å². The molecule has 0 amide bonds. The summed E-state index contributed by atoms with van der Waals surface area (Å²) in [4.78, 5) is 16.3. The van der Waals surface area contributed by atoms with Gasteiger partial charge in [-0.3, -0.25) is 0 Å². The van der Waals surface area contributed by atoms with Crippen molar-refractivity contribution in [2.45, 2.75) is 32.9 Å². The highest BCUT2D eigenvalue weighted by molar-refractivity contribution is 7.09. The molecule has 1 N–H and O–H groups in total. The van der Waals surface area contributed by atoms with Crippen LogP contribution in [0.2, 0.25) is 5.28 Å². The zero-order valence-electron chi connectivity index (χ0n) is 10.8. The lowest BCUT2D eigenvalue weighted by atomic mass is 10.4. The van der Waals surface area contributed by atoms with Gasteiger partial charge in [0.25, 0.3) is 0 Å². The normalized spacial score (nSPS) is 12.5. The van der Waals surface area contributed by atoms with Crippen LogP contribution in [0.5, 0.6) is 6.01 Å². The van der Waals surface area contributed by atoms with Gasteiger partial charge < -0.3 is 10.1 Å². The van der Waals surface area contributed by atoms with Crippen LogP contribution in [-0.4, -0.2) is 26.0 Å². The number of anilines is 1. The van der Waals surface area contributed by atoms with Crippen LogP contribution >= 0.6 is 22.9 Å². The Balaban J connectivity index is 2.13. The molecule has 0 spiro atoms. The molecule has 0 aliphatic rings. The minimum atomic E-state index is -0.0253. The largest absolute Gasteiger partial charge is 0.461 e. The van der Waals surface area contributed by atoms with Crippen LogP contribution in [0.15, 0.2) is 11.6 Å². The second kappa shape index (κ2) is 6.12. The fourth-order valence-electron chi connectivity index (χ4n) is 1.36. The second-order valence-electron chi connectivity index (χ2n) is 4.11. The van der Waals surface area contributed by atoms with E-state index in [4.69, 9.17) is 16.3 Å². The topological polar surface area (TPSA) is 72.8 Å². The third kappa shape index (κ3) is 4.00. The van der Waals surface area contributed by atoms with E-state index >= 15 is 0 Å². The van der Waals surface area contributed by atoms with Gasteiger partial charge in [-0.25, -0.2) is 4.98 Å². The van der Waals surface area contributed by atoms with Crippen molar-refractivity contribution in [3.05, 3.63) is 21.9 Å². The van der Waals surface area contributed by atoms with Crippen molar-refractivity contribution in [3.63, 3.8) is 0 Å². The Hall–Kier alpha value is -1.47. The van der Waals surface area contributed by atoms with Gasteiger partial charge in [0.05, 0.1) is 12.1 Å². The molecule has 0 aliphatic heterocycles. The third-order valence-electron chi connectivity index (χ3n) is 2.10. The molecule has 0 saturated heterocycles. The number of hydrogen-bond acceptors (Lipinski definition) is 7. The van der Waals surface area contributed by atoms with Crippen LogP contribution < -0.4 is 10.1 Å². The molecule has 6 nitrogen and oxygen atoms in total. The fourth-order valence-corrected chi connectivity index (χ4v) is 2.16. The van der Waals surface area contributed by atoms with Crippen molar-refractivity contribution in [3.8, 4) is 6.01 Å². The van der Waals surface area contributed by atoms with E-state index in [9.17, 15) is 0 Å². The lowest BCUT2D eigenvalue weighted by Gasteiger charge is -2.12. The maximum Gasteiger partial charge on any atom is 0.322 e. The van der Waals surface area contributed by atoms with Gasteiger partial charge in [0.1, 0.15) is 5.01 Å². The van der Waals surface area contributed by atoms with E-state index < -0.39 is 0 Å². The lowest BCUT2D eigenvalue weighted by molar-refractivity contribution is 0.222. The highest BCUT2D eigenvalue weighted by Gasteiger charge is 2.12. The Morgan fingerprint density at radius 1 is 1.26 bits per heavy atom. The van der Waals surface area contributed by atoms with Crippen LogP contribution in [0.25, 0.3) is 0 Å². The first kappa shape index (κ1) is 14.0. The Kier molecular flexibility index (Phi) is 4.49. The van der Waals surface area contributed by atoms with Crippen molar-refractivity contribution in [2.24, 2.45) is 0 Å². The number of hydrogen-bond donors (Lipinski definition) is 1. The molecule has 1 unspecified atom stereocenters. The molecule has 0 radical (unpaired) electrons. The molecule has 102 valence electrons. The first-order valence-corrected chi connectivity index (χ1v) is 7.04. The SMILES string of the molecule is CC(C)Oc1nc(Cl)nc(NC(C)c2nccs2)n1. The van der Waals surface area contributed by atoms with Gasteiger partial charge in [-0.2, -0.15) is 15.0 Å². The number of halogens is 1. The van der Waals surface area contributed by atoms with E-state index in [0.717, 1.165) is 5.01 Å². The number of nitrogens with one attached hydrogen (secondary N) is 1. The Labute approximate surface area is 120 Å². The molecule has 2 aromatic rings. The molecule has 2 heterocycles. The number of thiazole rings is 1. The average molecular weight is 300 g/mol. The summed E-state index contributed by atoms with van der Waals surface area (Å²) in [6.45, 7) is 5.76. The Morgan fingerprint density at radius 2 is 2.05 bits per heavy atom. The quantitative estimate of drug-likeness (QED) is 0.915. The van der Waals surface area contributed by atoms with Gasteiger partial charge in [0.15, 0.2) is 0 Å². The highest BCUT2D eigenvalue weighted by Crippen LogP contribution is 2.20. The molecule has 0 fully saturated rings. The smallest absolute Gasteiger partial charge is 0.322 e. The Morgan fingerprint density at radius 3 is 2.68 bits per heavy atom. The predicted molar refractivity (Wildman–Crippen MR) is 74.8 cm³/mol. The summed E-state index contributed by atoms with van der Waals surface area (Å²) in [6, 6.07) is 0.203. The van der Waals surface area contributed by atoms with Crippen molar-refractivity contribution in [1.29, 1.82) is 0 Å². The van der Waals surface area contributed by atoms with Crippen LogP contribution in [0, 0.1) is 0 Å².